The van der Waals surface area contributed by atoms with Crippen LogP contribution in [0.3, 0.4) is 0 Å². The second-order valence-corrected chi connectivity index (χ2v) is 11.1. The molecule has 0 aromatic heterocycles. The summed E-state index contributed by atoms with van der Waals surface area (Å²) >= 11 is 3.76. The molecule has 0 N–H and O–H groups in total. The van der Waals surface area contributed by atoms with Crippen molar-refractivity contribution in [3.05, 3.63) is 87.4 Å². The number of ether oxygens (including phenoxy) is 1. The van der Waals surface area contributed by atoms with Gasteiger partial charge in [-0.2, -0.15) is 0 Å². The molecule has 0 bridgehead atoms. The summed E-state index contributed by atoms with van der Waals surface area (Å²) in [6.45, 7) is 16.3. The van der Waals surface area contributed by atoms with Crippen molar-refractivity contribution >= 4 is 15.9 Å². The van der Waals surface area contributed by atoms with Crippen LogP contribution in [0, 0.1) is 6.92 Å². The zero-order valence-corrected chi connectivity index (χ0v) is 20.9. The van der Waals surface area contributed by atoms with Crippen LogP contribution in [0.25, 0.3) is 11.1 Å². The third-order valence-electron chi connectivity index (χ3n) is 5.39. The molecule has 2 heteroatoms. The molecule has 158 valence electrons. The van der Waals surface area contributed by atoms with Gasteiger partial charge < -0.3 is 4.74 Å². The van der Waals surface area contributed by atoms with Crippen molar-refractivity contribution in [3.63, 3.8) is 0 Å². The summed E-state index contributed by atoms with van der Waals surface area (Å²) in [5.74, 6) is 0.898. The maximum Gasteiger partial charge on any atom is 0.141 e. The highest BCUT2D eigenvalue weighted by Crippen LogP contribution is 2.41. The maximum atomic E-state index is 6.37. The van der Waals surface area contributed by atoms with Gasteiger partial charge in [-0.15, -0.1) is 0 Å². The van der Waals surface area contributed by atoms with Gasteiger partial charge in [0.2, 0.25) is 0 Å². The van der Waals surface area contributed by atoms with Gasteiger partial charge in [-0.25, -0.2) is 0 Å². The molecule has 0 saturated carbocycles. The predicted octanol–water partition coefficient (Wildman–Crippen LogP) is 8.60. The van der Waals surface area contributed by atoms with Crippen LogP contribution >= 0.6 is 15.9 Å². The molecular formula is C28H33BrO. The Morgan fingerprint density at radius 1 is 0.767 bits per heavy atom. The van der Waals surface area contributed by atoms with Crippen LogP contribution in [0.15, 0.2) is 65.1 Å². The SMILES string of the molecule is Cc1cc(Br)c(OCc2ccccc2)c(-c2cc(C(C)(C)C)cc(C(C)(C)C)c2)c1. The molecule has 0 saturated heterocycles. The van der Waals surface area contributed by atoms with Crippen LogP contribution < -0.4 is 4.74 Å². The Kier molecular flexibility index (Phi) is 6.48. The molecule has 0 amide bonds. The van der Waals surface area contributed by atoms with E-state index in [9.17, 15) is 0 Å². The van der Waals surface area contributed by atoms with Crippen molar-refractivity contribution in [2.45, 2.75) is 65.9 Å². The standard InChI is InChI=1S/C28H33BrO/c1-19-13-24(26(25(29)14-19)30-18-20-11-9-8-10-12-20)21-15-22(27(2,3)4)17-23(16-21)28(5,6)7/h8-17H,18H2,1-7H3. The van der Waals surface area contributed by atoms with Crippen LogP contribution in [-0.2, 0) is 17.4 Å². The summed E-state index contributed by atoms with van der Waals surface area (Å²) in [7, 11) is 0. The van der Waals surface area contributed by atoms with Crippen LogP contribution in [0.4, 0.5) is 0 Å². The van der Waals surface area contributed by atoms with E-state index in [0.717, 1.165) is 21.3 Å². The number of halogens is 1. The minimum Gasteiger partial charge on any atom is -0.487 e. The molecule has 1 nitrogen and oxygen atoms in total. The summed E-state index contributed by atoms with van der Waals surface area (Å²) in [6.07, 6.45) is 0. The highest BCUT2D eigenvalue weighted by atomic mass is 79.9. The Balaban J connectivity index is 2.14. The molecule has 30 heavy (non-hydrogen) atoms. The molecule has 3 aromatic carbocycles. The van der Waals surface area contributed by atoms with Gasteiger partial charge in [0.25, 0.3) is 0 Å². The van der Waals surface area contributed by atoms with E-state index < -0.39 is 0 Å². The summed E-state index contributed by atoms with van der Waals surface area (Å²) < 4.78 is 7.36. The molecule has 0 fully saturated rings. The van der Waals surface area contributed by atoms with Crippen LogP contribution in [0.2, 0.25) is 0 Å². The fourth-order valence-corrected chi connectivity index (χ4v) is 4.16. The second-order valence-electron chi connectivity index (χ2n) is 10.2. The average Bonchev–Trinajstić information content (AvgIpc) is 2.66. The minimum atomic E-state index is 0.0716. The average molecular weight is 465 g/mol. The number of benzene rings is 3. The molecule has 0 spiro atoms. The van der Waals surface area contributed by atoms with Gasteiger partial charge in [-0.1, -0.05) is 90.1 Å². The van der Waals surface area contributed by atoms with Crippen molar-refractivity contribution < 1.29 is 4.74 Å². The third-order valence-corrected chi connectivity index (χ3v) is 5.98. The molecule has 0 atom stereocenters. The van der Waals surface area contributed by atoms with E-state index in [-0.39, 0.29) is 10.8 Å². The van der Waals surface area contributed by atoms with Crippen LogP contribution in [-0.4, -0.2) is 0 Å². The lowest BCUT2D eigenvalue weighted by Crippen LogP contribution is -2.16. The van der Waals surface area contributed by atoms with Gasteiger partial charge in [0, 0.05) is 5.56 Å². The Bertz CT molecular complexity index is 989. The number of rotatable bonds is 4. The molecule has 3 rings (SSSR count). The zero-order chi connectivity index (χ0) is 22.1. The van der Waals surface area contributed by atoms with Gasteiger partial charge >= 0.3 is 0 Å². The topological polar surface area (TPSA) is 9.23 Å². The highest BCUT2D eigenvalue weighted by molar-refractivity contribution is 9.10. The third kappa shape index (κ3) is 5.35. The Hall–Kier alpha value is -2.06. The van der Waals surface area contributed by atoms with Crippen molar-refractivity contribution in [2.24, 2.45) is 0 Å². The lowest BCUT2D eigenvalue weighted by molar-refractivity contribution is 0.305. The Morgan fingerprint density at radius 3 is 1.87 bits per heavy atom. The summed E-state index contributed by atoms with van der Waals surface area (Å²) in [5.41, 5.74) is 7.55. The summed E-state index contributed by atoms with van der Waals surface area (Å²) in [5, 5.41) is 0. The second kappa shape index (κ2) is 8.59. The van der Waals surface area contributed by atoms with Crippen molar-refractivity contribution in [2.75, 3.05) is 0 Å². The number of aryl methyl sites for hydroxylation is 1. The van der Waals surface area contributed by atoms with E-state index in [2.05, 4.69) is 107 Å². The largest absolute Gasteiger partial charge is 0.487 e. The van der Waals surface area contributed by atoms with Gasteiger partial charge in [-0.3, -0.25) is 0 Å². The van der Waals surface area contributed by atoms with Gasteiger partial charge in [0.1, 0.15) is 12.4 Å². The first-order valence-electron chi connectivity index (χ1n) is 10.6. The quantitative estimate of drug-likeness (QED) is 0.375. The number of hydrogen-bond acceptors (Lipinski definition) is 1. The van der Waals surface area contributed by atoms with E-state index in [4.69, 9.17) is 4.74 Å². The minimum absolute atomic E-state index is 0.0716. The van der Waals surface area contributed by atoms with E-state index in [1.165, 1.54) is 22.3 Å². The first kappa shape index (κ1) is 22.6. The number of hydrogen-bond donors (Lipinski definition) is 0. The molecule has 0 unspecified atom stereocenters. The summed E-state index contributed by atoms with van der Waals surface area (Å²) in [4.78, 5) is 0. The van der Waals surface area contributed by atoms with Crippen LogP contribution in [0.5, 0.6) is 5.75 Å². The molecule has 0 aliphatic carbocycles. The van der Waals surface area contributed by atoms with E-state index in [0.29, 0.717) is 6.61 Å². The fourth-order valence-electron chi connectivity index (χ4n) is 3.47. The first-order valence-corrected chi connectivity index (χ1v) is 11.4. The van der Waals surface area contributed by atoms with Crippen LogP contribution in [0.1, 0.15) is 63.8 Å². The molecule has 0 radical (unpaired) electrons. The van der Waals surface area contributed by atoms with Crippen molar-refractivity contribution in [1.82, 2.24) is 0 Å². The smallest absolute Gasteiger partial charge is 0.141 e. The lowest BCUT2D eigenvalue weighted by Gasteiger charge is -2.27. The Morgan fingerprint density at radius 2 is 1.33 bits per heavy atom. The first-order chi connectivity index (χ1) is 13.9. The Labute approximate surface area is 190 Å². The highest BCUT2D eigenvalue weighted by Gasteiger charge is 2.22. The van der Waals surface area contributed by atoms with E-state index in [1.54, 1.807) is 0 Å². The molecule has 0 heterocycles. The molecule has 0 aliphatic heterocycles. The fraction of sp³-hybridized carbons (Fsp3) is 0.357. The normalized spacial score (nSPS) is 12.1. The zero-order valence-electron chi connectivity index (χ0n) is 19.3. The van der Waals surface area contributed by atoms with Gasteiger partial charge in [-0.05, 0) is 73.6 Å². The molecule has 0 aliphatic rings. The lowest BCUT2D eigenvalue weighted by atomic mass is 9.79. The maximum absolute atomic E-state index is 6.37. The van der Waals surface area contributed by atoms with E-state index in [1.807, 2.05) is 18.2 Å². The van der Waals surface area contributed by atoms with Crippen molar-refractivity contribution in [1.29, 1.82) is 0 Å². The predicted molar refractivity (Wildman–Crippen MR) is 132 cm³/mol. The monoisotopic (exact) mass is 464 g/mol. The van der Waals surface area contributed by atoms with Crippen molar-refractivity contribution in [3.8, 4) is 16.9 Å². The van der Waals surface area contributed by atoms with Gasteiger partial charge in [0.05, 0.1) is 4.47 Å². The summed E-state index contributed by atoms with van der Waals surface area (Å²) in [6, 6.07) is 21.7. The van der Waals surface area contributed by atoms with E-state index >= 15 is 0 Å². The molecule has 3 aromatic rings. The molecular weight excluding hydrogens is 432 g/mol. The van der Waals surface area contributed by atoms with Gasteiger partial charge in [0.15, 0.2) is 0 Å².